The van der Waals surface area contributed by atoms with Crippen LogP contribution in [-0.4, -0.2) is 34.5 Å². The molecule has 0 radical (unpaired) electrons. The Labute approximate surface area is 117 Å². The van der Waals surface area contributed by atoms with Gasteiger partial charge in [-0.05, 0) is 19.5 Å². The quantitative estimate of drug-likeness (QED) is 0.641. The van der Waals surface area contributed by atoms with Crippen molar-refractivity contribution in [1.82, 2.24) is 4.90 Å². The number of hydrogen-bond acceptors (Lipinski definition) is 4. The van der Waals surface area contributed by atoms with Gasteiger partial charge in [-0.1, -0.05) is 12.1 Å². The van der Waals surface area contributed by atoms with Gasteiger partial charge in [0.05, 0.1) is 11.3 Å². The maximum absolute atomic E-state index is 10.8. The zero-order valence-corrected chi connectivity index (χ0v) is 11.6. The second kappa shape index (κ2) is 7.70. The maximum atomic E-state index is 10.8. The van der Waals surface area contributed by atoms with E-state index in [2.05, 4.69) is 0 Å². The smallest absolute Gasteiger partial charge is 0.304 e. The lowest BCUT2D eigenvalue weighted by atomic mass is 10.1. The SMILES string of the molecule is Cc1c(CN(C)CCC(=O)O)cccc1[N+](=O)[O-].Cl. The molecule has 1 aromatic carbocycles. The van der Waals surface area contributed by atoms with E-state index in [1.54, 1.807) is 20.0 Å². The summed E-state index contributed by atoms with van der Waals surface area (Å²) in [5, 5.41) is 19.4. The fourth-order valence-electron chi connectivity index (χ4n) is 1.70. The first-order valence-corrected chi connectivity index (χ1v) is 5.55. The highest BCUT2D eigenvalue weighted by molar-refractivity contribution is 5.85. The fraction of sp³-hybridized carbons (Fsp3) is 0.417. The van der Waals surface area contributed by atoms with Crippen molar-refractivity contribution in [2.24, 2.45) is 0 Å². The van der Waals surface area contributed by atoms with Crippen molar-refractivity contribution in [3.8, 4) is 0 Å². The molecule has 0 unspecified atom stereocenters. The van der Waals surface area contributed by atoms with Crippen LogP contribution in [-0.2, 0) is 11.3 Å². The number of aliphatic carboxylic acids is 1. The van der Waals surface area contributed by atoms with E-state index in [9.17, 15) is 14.9 Å². The van der Waals surface area contributed by atoms with Crippen LogP contribution in [0.1, 0.15) is 17.5 Å². The van der Waals surface area contributed by atoms with Crippen LogP contribution >= 0.6 is 12.4 Å². The molecule has 0 bridgehead atoms. The molecule has 6 nitrogen and oxygen atoms in total. The monoisotopic (exact) mass is 288 g/mol. The van der Waals surface area contributed by atoms with Gasteiger partial charge in [0.25, 0.3) is 5.69 Å². The molecule has 19 heavy (non-hydrogen) atoms. The van der Waals surface area contributed by atoms with Crippen molar-refractivity contribution in [3.63, 3.8) is 0 Å². The number of carboxylic acid groups (broad SMARTS) is 1. The Hall–Kier alpha value is -1.66. The third-order valence-electron chi connectivity index (χ3n) is 2.76. The summed E-state index contributed by atoms with van der Waals surface area (Å²) in [6, 6.07) is 4.93. The minimum absolute atomic E-state index is 0. The zero-order chi connectivity index (χ0) is 13.7. The summed E-state index contributed by atoms with van der Waals surface area (Å²) in [6.07, 6.45) is 0.0600. The summed E-state index contributed by atoms with van der Waals surface area (Å²) in [7, 11) is 1.79. The van der Waals surface area contributed by atoms with Gasteiger partial charge < -0.3 is 10.0 Å². The number of benzene rings is 1. The molecule has 0 aliphatic carbocycles. The van der Waals surface area contributed by atoms with Gasteiger partial charge in [-0.25, -0.2) is 0 Å². The van der Waals surface area contributed by atoms with Gasteiger partial charge in [-0.15, -0.1) is 12.4 Å². The highest BCUT2D eigenvalue weighted by atomic mass is 35.5. The van der Waals surface area contributed by atoms with E-state index in [-0.39, 0.29) is 24.5 Å². The molecule has 7 heteroatoms. The lowest BCUT2D eigenvalue weighted by molar-refractivity contribution is -0.385. The Morgan fingerprint density at radius 2 is 2.11 bits per heavy atom. The van der Waals surface area contributed by atoms with Crippen LogP contribution in [0.5, 0.6) is 0 Å². The minimum Gasteiger partial charge on any atom is -0.481 e. The number of carbonyl (C=O) groups is 1. The van der Waals surface area contributed by atoms with Crippen LogP contribution in [0.15, 0.2) is 18.2 Å². The summed E-state index contributed by atoms with van der Waals surface area (Å²) in [5.74, 6) is -0.849. The van der Waals surface area contributed by atoms with E-state index < -0.39 is 10.9 Å². The highest BCUT2D eigenvalue weighted by Crippen LogP contribution is 2.21. The molecule has 0 saturated carbocycles. The fourth-order valence-corrected chi connectivity index (χ4v) is 1.70. The molecule has 0 saturated heterocycles. The third-order valence-corrected chi connectivity index (χ3v) is 2.76. The van der Waals surface area contributed by atoms with Crippen LogP contribution in [0.2, 0.25) is 0 Å². The summed E-state index contributed by atoms with van der Waals surface area (Å²) >= 11 is 0. The first kappa shape index (κ1) is 17.3. The van der Waals surface area contributed by atoms with Crippen molar-refractivity contribution >= 4 is 24.1 Å². The molecule has 0 aliphatic heterocycles. The second-order valence-corrected chi connectivity index (χ2v) is 4.20. The standard InChI is InChI=1S/C12H16N2O4.ClH/c1-9-10(4-3-5-11(9)14(17)18)8-13(2)7-6-12(15)16;/h3-5H,6-8H2,1-2H3,(H,15,16);1H. The van der Waals surface area contributed by atoms with Gasteiger partial charge >= 0.3 is 5.97 Å². The molecule has 0 aliphatic rings. The average Bonchev–Trinajstić information content (AvgIpc) is 2.29. The lowest BCUT2D eigenvalue weighted by Crippen LogP contribution is -2.21. The van der Waals surface area contributed by atoms with Gasteiger partial charge in [0.15, 0.2) is 0 Å². The Kier molecular flexibility index (Phi) is 7.03. The predicted octanol–water partition coefficient (Wildman–Crippen LogP) is 2.23. The number of nitro benzene ring substituents is 1. The zero-order valence-electron chi connectivity index (χ0n) is 10.8. The highest BCUT2D eigenvalue weighted by Gasteiger charge is 2.14. The number of rotatable bonds is 6. The van der Waals surface area contributed by atoms with Crippen LogP contribution in [0.4, 0.5) is 5.69 Å². The molecule has 1 N–H and O–H groups in total. The van der Waals surface area contributed by atoms with Crippen molar-refractivity contribution in [3.05, 3.63) is 39.4 Å². The Morgan fingerprint density at radius 3 is 2.63 bits per heavy atom. The summed E-state index contributed by atoms with van der Waals surface area (Å²) in [4.78, 5) is 22.7. The molecule has 0 fully saturated rings. The van der Waals surface area contributed by atoms with Gasteiger partial charge in [-0.2, -0.15) is 0 Å². The molecule has 0 spiro atoms. The summed E-state index contributed by atoms with van der Waals surface area (Å²) in [6.45, 7) is 2.62. The van der Waals surface area contributed by atoms with Gasteiger partial charge in [0, 0.05) is 24.7 Å². The van der Waals surface area contributed by atoms with E-state index in [4.69, 9.17) is 5.11 Å². The van der Waals surface area contributed by atoms with Crippen LogP contribution in [0, 0.1) is 17.0 Å². The van der Waals surface area contributed by atoms with Gasteiger partial charge in [0.1, 0.15) is 0 Å². The van der Waals surface area contributed by atoms with Crippen molar-refractivity contribution in [2.45, 2.75) is 19.9 Å². The normalized spacial score (nSPS) is 10.1. The number of nitro groups is 1. The molecule has 106 valence electrons. The minimum atomic E-state index is -0.849. The number of hydrogen-bond donors (Lipinski definition) is 1. The van der Waals surface area contributed by atoms with Crippen molar-refractivity contribution in [2.75, 3.05) is 13.6 Å². The Morgan fingerprint density at radius 1 is 1.47 bits per heavy atom. The summed E-state index contributed by atoms with van der Waals surface area (Å²) < 4.78 is 0. The molecule has 0 heterocycles. The van der Waals surface area contributed by atoms with E-state index in [0.29, 0.717) is 18.7 Å². The second-order valence-electron chi connectivity index (χ2n) is 4.20. The summed E-state index contributed by atoms with van der Waals surface area (Å²) in [5.41, 5.74) is 1.57. The van der Waals surface area contributed by atoms with Crippen molar-refractivity contribution < 1.29 is 14.8 Å². The van der Waals surface area contributed by atoms with E-state index in [1.807, 2.05) is 11.0 Å². The number of halogens is 1. The molecular weight excluding hydrogens is 272 g/mol. The first-order valence-electron chi connectivity index (χ1n) is 5.55. The Balaban J connectivity index is 0.00000324. The van der Waals surface area contributed by atoms with Gasteiger partial charge in [0.2, 0.25) is 0 Å². The number of carboxylic acids is 1. The molecule has 1 rings (SSSR count). The van der Waals surface area contributed by atoms with E-state index in [1.165, 1.54) is 6.07 Å². The first-order chi connectivity index (χ1) is 8.41. The van der Waals surface area contributed by atoms with E-state index in [0.717, 1.165) is 5.56 Å². The van der Waals surface area contributed by atoms with Crippen molar-refractivity contribution in [1.29, 1.82) is 0 Å². The molecule has 0 aromatic heterocycles. The van der Waals surface area contributed by atoms with Crippen LogP contribution < -0.4 is 0 Å². The molecular formula is C12H17ClN2O4. The van der Waals surface area contributed by atoms with Crippen LogP contribution in [0.25, 0.3) is 0 Å². The Bertz CT molecular complexity index is 465. The molecule has 0 amide bonds. The predicted molar refractivity (Wildman–Crippen MR) is 73.7 cm³/mol. The topological polar surface area (TPSA) is 83.7 Å². The largest absolute Gasteiger partial charge is 0.481 e. The third kappa shape index (κ3) is 5.23. The van der Waals surface area contributed by atoms with Crippen LogP contribution in [0.3, 0.4) is 0 Å². The molecule has 0 atom stereocenters. The van der Waals surface area contributed by atoms with E-state index >= 15 is 0 Å². The van der Waals surface area contributed by atoms with Gasteiger partial charge in [-0.3, -0.25) is 14.9 Å². The number of nitrogens with zero attached hydrogens (tertiary/aromatic N) is 2. The average molecular weight is 289 g/mol. The molecule has 1 aromatic rings. The lowest BCUT2D eigenvalue weighted by Gasteiger charge is -2.16. The maximum Gasteiger partial charge on any atom is 0.304 e.